The van der Waals surface area contributed by atoms with Gasteiger partial charge in [0, 0.05) is 60.0 Å². The minimum absolute atomic E-state index is 0.721. The van der Waals surface area contributed by atoms with E-state index in [1.165, 1.54) is 11.4 Å². The van der Waals surface area contributed by atoms with Crippen molar-refractivity contribution in [3.63, 3.8) is 0 Å². The molecule has 29 heavy (non-hydrogen) atoms. The number of rotatable bonds is 8. The average molecular weight is 422 g/mol. The van der Waals surface area contributed by atoms with Crippen LogP contribution in [0.1, 0.15) is 17.1 Å². The summed E-state index contributed by atoms with van der Waals surface area (Å²) in [7, 11) is 0. The van der Waals surface area contributed by atoms with Gasteiger partial charge in [-0.15, -0.1) is 22.7 Å². The number of aromatic nitrogens is 4. The molecule has 0 spiro atoms. The summed E-state index contributed by atoms with van der Waals surface area (Å²) in [6.45, 7) is 2.27. The lowest BCUT2D eigenvalue weighted by Crippen LogP contribution is -2.24. The van der Waals surface area contributed by atoms with Gasteiger partial charge in [-0.3, -0.25) is 14.0 Å². The maximum atomic E-state index is 5.63. The van der Waals surface area contributed by atoms with Crippen molar-refractivity contribution in [2.45, 2.75) is 19.6 Å². The summed E-state index contributed by atoms with van der Waals surface area (Å²) in [5, 5.41) is 5.96. The maximum Gasteiger partial charge on any atom is 0.193 e. The Morgan fingerprint density at radius 2 is 1.41 bits per heavy atom. The quantitative estimate of drug-likeness (QED) is 0.355. The number of thiazole rings is 2. The zero-order valence-corrected chi connectivity index (χ0v) is 17.2. The first kappa shape index (κ1) is 18.1. The van der Waals surface area contributed by atoms with E-state index in [-0.39, 0.29) is 0 Å². The van der Waals surface area contributed by atoms with E-state index in [0.717, 1.165) is 35.7 Å². The second-order valence-corrected chi connectivity index (χ2v) is 8.34. The summed E-state index contributed by atoms with van der Waals surface area (Å²) < 4.78 is 9.94. The first-order valence-corrected chi connectivity index (χ1v) is 11.0. The highest BCUT2D eigenvalue weighted by Crippen LogP contribution is 2.21. The Kier molecular flexibility index (Phi) is 5.12. The van der Waals surface area contributed by atoms with Gasteiger partial charge in [0.15, 0.2) is 10.3 Å². The molecule has 0 amide bonds. The van der Waals surface area contributed by atoms with E-state index in [2.05, 4.69) is 60.7 Å². The Labute approximate surface area is 176 Å². The molecule has 0 radical (unpaired) electrons. The topological polar surface area (TPSA) is 52.0 Å². The van der Waals surface area contributed by atoms with Crippen molar-refractivity contribution >= 4 is 22.7 Å². The molecule has 0 atom stereocenters. The van der Waals surface area contributed by atoms with Crippen LogP contribution in [0.25, 0.3) is 10.3 Å². The van der Waals surface area contributed by atoms with Gasteiger partial charge in [0.25, 0.3) is 0 Å². The van der Waals surface area contributed by atoms with E-state index in [0.29, 0.717) is 0 Å². The minimum atomic E-state index is 0.721. The van der Waals surface area contributed by atoms with Crippen LogP contribution in [0, 0.1) is 0 Å². The van der Waals surface area contributed by atoms with Crippen LogP contribution in [-0.2, 0) is 19.6 Å². The maximum absolute atomic E-state index is 5.63. The molecule has 0 unspecified atom stereocenters. The zero-order chi connectivity index (χ0) is 19.5. The molecular formula is C21H19N5OS2. The summed E-state index contributed by atoms with van der Waals surface area (Å²) in [6.07, 6.45) is 9.54. The molecule has 0 fully saturated rings. The van der Waals surface area contributed by atoms with Crippen LogP contribution in [0.4, 0.5) is 0 Å². The van der Waals surface area contributed by atoms with Gasteiger partial charge in [0.05, 0.1) is 12.8 Å². The van der Waals surface area contributed by atoms with Gasteiger partial charge in [0.2, 0.25) is 0 Å². The Morgan fingerprint density at radius 1 is 0.793 bits per heavy atom. The lowest BCUT2D eigenvalue weighted by molar-refractivity contribution is 0.219. The Morgan fingerprint density at radius 3 is 1.90 bits per heavy atom. The van der Waals surface area contributed by atoms with Gasteiger partial charge >= 0.3 is 0 Å². The van der Waals surface area contributed by atoms with Crippen molar-refractivity contribution in [1.29, 1.82) is 0 Å². The summed E-state index contributed by atoms with van der Waals surface area (Å²) in [4.78, 5) is 11.3. The summed E-state index contributed by atoms with van der Waals surface area (Å²) >= 11 is 3.27. The lowest BCUT2D eigenvalue weighted by Gasteiger charge is -2.22. The van der Waals surface area contributed by atoms with Crippen LogP contribution >= 0.6 is 22.7 Å². The molecule has 5 aromatic heterocycles. The number of nitrogens with zero attached hydrogens (tertiary/aromatic N) is 5. The van der Waals surface area contributed by atoms with Crippen molar-refractivity contribution in [3.05, 3.63) is 95.4 Å². The number of furan rings is 1. The molecule has 8 heteroatoms. The molecule has 6 nitrogen and oxygen atoms in total. The fourth-order valence-corrected chi connectivity index (χ4v) is 4.70. The van der Waals surface area contributed by atoms with Crippen LogP contribution in [0.15, 0.2) is 82.6 Å². The Bertz CT molecular complexity index is 1070. The zero-order valence-electron chi connectivity index (χ0n) is 15.6. The third-order valence-corrected chi connectivity index (χ3v) is 6.19. The number of hydrogen-bond donors (Lipinski definition) is 0. The van der Waals surface area contributed by atoms with Gasteiger partial charge in [-0.05, 0) is 36.4 Å². The van der Waals surface area contributed by atoms with Crippen LogP contribution in [-0.4, -0.2) is 24.0 Å². The molecule has 5 rings (SSSR count). The second-order valence-electron chi connectivity index (χ2n) is 6.59. The molecule has 0 saturated heterocycles. The molecule has 0 aliphatic carbocycles. The fraction of sp³-hybridized carbons (Fsp3) is 0.143. The Balaban J connectivity index is 1.43. The van der Waals surface area contributed by atoms with Crippen molar-refractivity contribution in [3.8, 4) is 10.3 Å². The van der Waals surface area contributed by atoms with E-state index in [4.69, 9.17) is 4.42 Å². The first-order valence-electron chi connectivity index (χ1n) is 9.24. The van der Waals surface area contributed by atoms with Crippen LogP contribution < -0.4 is 0 Å². The normalized spacial score (nSPS) is 11.5. The van der Waals surface area contributed by atoms with E-state index >= 15 is 0 Å². The molecule has 0 aromatic carbocycles. The predicted octanol–water partition coefficient (Wildman–Crippen LogP) is 4.98. The molecule has 5 heterocycles. The van der Waals surface area contributed by atoms with E-state index < -0.39 is 0 Å². The predicted molar refractivity (Wildman–Crippen MR) is 115 cm³/mol. The summed E-state index contributed by atoms with van der Waals surface area (Å²) in [6, 6.07) is 12.4. The van der Waals surface area contributed by atoms with Crippen molar-refractivity contribution < 1.29 is 4.42 Å². The monoisotopic (exact) mass is 421 g/mol. The van der Waals surface area contributed by atoms with E-state index in [9.17, 15) is 0 Å². The van der Waals surface area contributed by atoms with Crippen LogP contribution in [0.5, 0.6) is 0 Å². The third kappa shape index (κ3) is 3.95. The minimum Gasteiger partial charge on any atom is -0.468 e. The van der Waals surface area contributed by atoms with Gasteiger partial charge in [-0.2, -0.15) is 0 Å². The van der Waals surface area contributed by atoms with E-state index in [1.807, 2.05) is 35.3 Å². The van der Waals surface area contributed by atoms with Crippen molar-refractivity contribution in [1.82, 2.24) is 24.0 Å². The summed E-state index contributed by atoms with van der Waals surface area (Å²) in [5.41, 5.74) is 2.39. The second kappa shape index (κ2) is 8.20. The number of hydrogen-bond acceptors (Lipinski definition) is 6. The highest BCUT2D eigenvalue weighted by Gasteiger charge is 2.16. The Hall–Kier alpha value is -2.94. The highest BCUT2D eigenvalue weighted by atomic mass is 32.1. The molecule has 0 bridgehead atoms. The SMILES string of the molecule is c1coc(CN(Cc2cccn2-c2nccs2)Cc2cccn2-c2nccs2)c1. The van der Waals surface area contributed by atoms with Crippen LogP contribution in [0.3, 0.4) is 0 Å². The lowest BCUT2D eigenvalue weighted by atomic mass is 10.3. The molecule has 0 aliphatic rings. The standard InChI is InChI=1S/C21H19N5OS2/c1-4-17(25(9-1)20-22-7-12-28-20)14-24(16-19-6-3-11-27-19)15-18-5-2-10-26(18)21-23-8-13-29-21/h1-13H,14-16H2. The molecule has 0 saturated carbocycles. The average Bonchev–Trinajstić information content (AvgIpc) is 3.52. The molecule has 0 N–H and O–H groups in total. The first-order chi connectivity index (χ1) is 14.4. The van der Waals surface area contributed by atoms with Gasteiger partial charge in [-0.25, -0.2) is 9.97 Å². The fourth-order valence-electron chi connectivity index (χ4n) is 3.38. The largest absolute Gasteiger partial charge is 0.468 e. The molecule has 5 aromatic rings. The van der Waals surface area contributed by atoms with Crippen LogP contribution in [0.2, 0.25) is 0 Å². The molecular weight excluding hydrogens is 402 g/mol. The van der Waals surface area contributed by atoms with Gasteiger partial charge in [0.1, 0.15) is 5.76 Å². The van der Waals surface area contributed by atoms with Gasteiger partial charge < -0.3 is 4.42 Å². The highest BCUT2D eigenvalue weighted by molar-refractivity contribution is 7.12. The van der Waals surface area contributed by atoms with Crippen molar-refractivity contribution in [2.75, 3.05) is 0 Å². The third-order valence-electron chi connectivity index (χ3n) is 4.65. The van der Waals surface area contributed by atoms with Gasteiger partial charge in [-0.1, -0.05) is 0 Å². The molecule has 146 valence electrons. The van der Waals surface area contributed by atoms with Crippen molar-refractivity contribution in [2.24, 2.45) is 0 Å². The van der Waals surface area contributed by atoms with E-state index in [1.54, 1.807) is 28.9 Å². The summed E-state index contributed by atoms with van der Waals surface area (Å²) in [5.74, 6) is 0.949. The molecule has 0 aliphatic heterocycles. The smallest absolute Gasteiger partial charge is 0.193 e.